The van der Waals surface area contributed by atoms with Crippen LogP contribution < -0.4 is 11.1 Å². The molecule has 1 N–H and O–H groups in total. The molecule has 0 radical (unpaired) electrons. The monoisotopic (exact) mass is 294 g/mol. The standard InChI is InChI=1S/C15H10N4O3/c20-14-8-11(10-4-2-1-3-5-10)16-13-9-15(21)18(19(13)14)12-6-7-22-17-12/h1-9,16H. The Bertz CT molecular complexity index is 1060. The second-order valence-corrected chi connectivity index (χ2v) is 4.74. The lowest BCUT2D eigenvalue weighted by Gasteiger charge is -2.05. The van der Waals surface area contributed by atoms with Crippen LogP contribution in [0.15, 0.2) is 68.9 Å². The molecule has 4 rings (SSSR count). The molecule has 0 saturated carbocycles. The van der Waals surface area contributed by atoms with Crippen molar-refractivity contribution >= 4 is 5.65 Å². The Hall–Kier alpha value is -3.35. The molecule has 4 aromatic rings. The molecule has 3 heterocycles. The van der Waals surface area contributed by atoms with E-state index in [4.69, 9.17) is 4.52 Å². The Labute approximate surface area is 123 Å². The summed E-state index contributed by atoms with van der Waals surface area (Å²) in [5.41, 5.74) is 1.19. The number of H-pyrrole nitrogens is 1. The number of aromatic amines is 1. The van der Waals surface area contributed by atoms with Crippen LogP contribution in [0, 0.1) is 0 Å². The summed E-state index contributed by atoms with van der Waals surface area (Å²) in [5, 5.41) is 3.71. The number of nitrogens with one attached hydrogen (secondary N) is 1. The molecular weight excluding hydrogens is 284 g/mol. The fourth-order valence-electron chi connectivity index (χ4n) is 2.41. The first-order valence-electron chi connectivity index (χ1n) is 6.58. The Balaban J connectivity index is 2.03. The Morgan fingerprint density at radius 3 is 2.55 bits per heavy atom. The van der Waals surface area contributed by atoms with Gasteiger partial charge in [0.2, 0.25) is 0 Å². The molecule has 0 aliphatic rings. The molecule has 0 spiro atoms. The summed E-state index contributed by atoms with van der Waals surface area (Å²) < 4.78 is 7.13. The van der Waals surface area contributed by atoms with Gasteiger partial charge in [-0.2, -0.15) is 9.20 Å². The number of fused-ring (bicyclic) bond motifs is 1. The van der Waals surface area contributed by atoms with E-state index in [2.05, 4.69) is 10.1 Å². The molecule has 0 fully saturated rings. The molecule has 0 saturated heterocycles. The molecule has 0 aliphatic carbocycles. The van der Waals surface area contributed by atoms with Gasteiger partial charge in [0.25, 0.3) is 11.1 Å². The van der Waals surface area contributed by atoms with Gasteiger partial charge < -0.3 is 9.51 Å². The van der Waals surface area contributed by atoms with Crippen LogP contribution in [0.1, 0.15) is 0 Å². The zero-order chi connectivity index (χ0) is 15.1. The smallest absolute Gasteiger partial charge is 0.275 e. The maximum atomic E-state index is 12.4. The molecular formula is C15H10N4O3. The highest BCUT2D eigenvalue weighted by Gasteiger charge is 2.13. The van der Waals surface area contributed by atoms with E-state index in [1.807, 2.05) is 30.3 Å². The molecule has 108 valence electrons. The SMILES string of the molecule is O=c1cc2[nH]c(-c3ccccc3)cc(=O)n2n1-c1ccon1. The van der Waals surface area contributed by atoms with Gasteiger partial charge in [0, 0.05) is 18.2 Å². The highest BCUT2D eigenvalue weighted by Crippen LogP contribution is 2.15. The first-order chi connectivity index (χ1) is 10.7. The average Bonchev–Trinajstić information content (AvgIpc) is 3.14. The summed E-state index contributed by atoms with van der Waals surface area (Å²) in [6, 6.07) is 13.7. The summed E-state index contributed by atoms with van der Waals surface area (Å²) in [7, 11) is 0. The predicted molar refractivity (Wildman–Crippen MR) is 79.1 cm³/mol. The van der Waals surface area contributed by atoms with Crippen molar-refractivity contribution in [3.8, 4) is 17.1 Å². The van der Waals surface area contributed by atoms with E-state index in [0.29, 0.717) is 11.3 Å². The first kappa shape index (κ1) is 12.4. The molecule has 7 heteroatoms. The molecule has 0 bridgehead atoms. The summed E-state index contributed by atoms with van der Waals surface area (Å²) in [6.07, 6.45) is 1.34. The van der Waals surface area contributed by atoms with Gasteiger partial charge in [0.05, 0.1) is 5.69 Å². The summed E-state index contributed by atoms with van der Waals surface area (Å²) in [6.45, 7) is 0. The van der Waals surface area contributed by atoms with Crippen LogP contribution in [-0.4, -0.2) is 19.3 Å². The summed E-state index contributed by atoms with van der Waals surface area (Å²) >= 11 is 0. The van der Waals surface area contributed by atoms with Crippen molar-refractivity contribution in [1.29, 1.82) is 0 Å². The van der Waals surface area contributed by atoms with Crippen molar-refractivity contribution in [2.24, 2.45) is 0 Å². The van der Waals surface area contributed by atoms with Crippen LogP contribution in [0.4, 0.5) is 0 Å². The Kier molecular flexibility index (Phi) is 2.59. The lowest BCUT2D eigenvalue weighted by atomic mass is 10.1. The van der Waals surface area contributed by atoms with Gasteiger partial charge >= 0.3 is 0 Å². The van der Waals surface area contributed by atoms with Crippen LogP contribution in [0.5, 0.6) is 0 Å². The van der Waals surface area contributed by atoms with Gasteiger partial charge in [-0.05, 0) is 5.56 Å². The van der Waals surface area contributed by atoms with Gasteiger partial charge in [0.1, 0.15) is 11.9 Å². The average molecular weight is 294 g/mol. The van der Waals surface area contributed by atoms with Crippen LogP contribution in [0.25, 0.3) is 22.7 Å². The van der Waals surface area contributed by atoms with Crippen molar-refractivity contribution in [2.75, 3.05) is 0 Å². The predicted octanol–water partition coefficient (Wildman–Crippen LogP) is 1.43. The fraction of sp³-hybridized carbons (Fsp3) is 0. The molecule has 0 aliphatic heterocycles. The summed E-state index contributed by atoms with van der Waals surface area (Å²) in [5.74, 6) is 0.253. The largest absolute Gasteiger partial charge is 0.363 e. The van der Waals surface area contributed by atoms with Crippen LogP contribution in [-0.2, 0) is 0 Å². The van der Waals surface area contributed by atoms with Crippen LogP contribution in [0.3, 0.4) is 0 Å². The van der Waals surface area contributed by atoms with Crippen LogP contribution >= 0.6 is 0 Å². The molecule has 0 amide bonds. The van der Waals surface area contributed by atoms with E-state index in [-0.39, 0.29) is 16.9 Å². The minimum absolute atomic E-state index is 0.253. The number of benzene rings is 1. The van der Waals surface area contributed by atoms with Crippen molar-refractivity contribution in [1.82, 2.24) is 19.3 Å². The Morgan fingerprint density at radius 2 is 1.82 bits per heavy atom. The van der Waals surface area contributed by atoms with Gasteiger partial charge in [0.15, 0.2) is 5.82 Å². The quantitative estimate of drug-likeness (QED) is 0.606. The van der Waals surface area contributed by atoms with E-state index >= 15 is 0 Å². The fourth-order valence-corrected chi connectivity index (χ4v) is 2.41. The highest BCUT2D eigenvalue weighted by molar-refractivity contribution is 5.61. The van der Waals surface area contributed by atoms with E-state index in [9.17, 15) is 9.59 Å². The number of hydrogen-bond acceptors (Lipinski definition) is 4. The second-order valence-electron chi connectivity index (χ2n) is 4.74. The summed E-state index contributed by atoms with van der Waals surface area (Å²) in [4.78, 5) is 27.7. The number of hydrogen-bond donors (Lipinski definition) is 1. The van der Waals surface area contributed by atoms with Crippen LogP contribution in [0.2, 0.25) is 0 Å². The minimum Gasteiger partial charge on any atom is -0.363 e. The maximum Gasteiger partial charge on any atom is 0.275 e. The molecule has 0 atom stereocenters. The number of aromatic nitrogens is 4. The van der Waals surface area contributed by atoms with Gasteiger partial charge in [-0.1, -0.05) is 35.5 Å². The highest BCUT2D eigenvalue weighted by atomic mass is 16.5. The molecule has 1 aromatic carbocycles. The van der Waals surface area contributed by atoms with E-state index in [0.717, 1.165) is 10.2 Å². The van der Waals surface area contributed by atoms with Crippen molar-refractivity contribution in [3.63, 3.8) is 0 Å². The first-order valence-corrected chi connectivity index (χ1v) is 6.58. The second kappa shape index (κ2) is 4.59. The third kappa shape index (κ3) is 1.80. The molecule has 7 nitrogen and oxygen atoms in total. The van der Waals surface area contributed by atoms with Gasteiger partial charge in [-0.25, -0.2) is 0 Å². The topological polar surface area (TPSA) is 85.3 Å². The molecule has 3 aromatic heterocycles. The third-order valence-electron chi connectivity index (χ3n) is 3.36. The lowest BCUT2D eigenvalue weighted by molar-refractivity contribution is 0.413. The van der Waals surface area contributed by atoms with Gasteiger partial charge in [-0.15, -0.1) is 0 Å². The molecule has 22 heavy (non-hydrogen) atoms. The number of nitrogens with zero attached hydrogens (tertiary/aromatic N) is 3. The minimum atomic E-state index is -0.368. The normalized spacial score (nSPS) is 11.1. The van der Waals surface area contributed by atoms with E-state index in [1.54, 1.807) is 0 Å². The Morgan fingerprint density at radius 1 is 1.00 bits per heavy atom. The van der Waals surface area contributed by atoms with E-state index < -0.39 is 0 Å². The zero-order valence-electron chi connectivity index (χ0n) is 11.3. The van der Waals surface area contributed by atoms with Crippen molar-refractivity contribution in [3.05, 3.63) is 75.5 Å². The van der Waals surface area contributed by atoms with Gasteiger partial charge in [-0.3, -0.25) is 9.59 Å². The van der Waals surface area contributed by atoms with Crippen molar-refractivity contribution < 1.29 is 4.52 Å². The molecule has 0 unspecified atom stereocenters. The maximum absolute atomic E-state index is 12.4. The van der Waals surface area contributed by atoms with Crippen molar-refractivity contribution in [2.45, 2.75) is 0 Å². The number of rotatable bonds is 2. The zero-order valence-corrected chi connectivity index (χ0v) is 11.3. The lowest BCUT2D eigenvalue weighted by Crippen LogP contribution is -2.25. The van der Waals surface area contributed by atoms with E-state index in [1.165, 1.54) is 29.0 Å². The third-order valence-corrected chi connectivity index (χ3v) is 3.36.